The molecule has 3 aromatic rings. The number of nitrogens with one attached hydrogen (secondary N) is 2. The highest BCUT2D eigenvalue weighted by Crippen LogP contribution is 2.41. The molecule has 1 aromatic carbocycles. The summed E-state index contributed by atoms with van der Waals surface area (Å²) in [6, 6.07) is 8.24. The van der Waals surface area contributed by atoms with Crippen LogP contribution in [0.1, 0.15) is 29.2 Å². The molecule has 0 aliphatic carbocycles. The first-order valence-electron chi connectivity index (χ1n) is 7.84. The predicted octanol–water partition coefficient (Wildman–Crippen LogP) is 3.04. The summed E-state index contributed by atoms with van der Waals surface area (Å²) in [6.07, 6.45) is 0.274. The van der Waals surface area contributed by atoms with Crippen molar-refractivity contribution < 1.29 is 4.79 Å². The minimum Gasteiger partial charge on any atom is -0.310 e. The van der Waals surface area contributed by atoms with E-state index in [0.717, 1.165) is 16.8 Å². The summed E-state index contributed by atoms with van der Waals surface area (Å²) in [4.78, 5) is 23.6. The van der Waals surface area contributed by atoms with Crippen molar-refractivity contribution in [3.05, 3.63) is 67.6 Å². The molecule has 1 aliphatic heterocycles. The molecule has 0 fully saturated rings. The lowest BCUT2D eigenvalue weighted by Gasteiger charge is -2.24. The molecule has 132 valence electrons. The fraction of sp³-hybridized carbons (Fsp3) is 0.176. The lowest BCUT2D eigenvalue weighted by Crippen LogP contribution is -2.25. The lowest BCUT2D eigenvalue weighted by atomic mass is 9.86. The van der Waals surface area contributed by atoms with Gasteiger partial charge in [-0.15, -0.1) is 0 Å². The van der Waals surface area contributed by atoms with Gasteiger partial charge in [0.05, 0.1) is 15.7 Å². The molecule has 0 spiro atoms. The van der Waals surface area contributed by atoms with E-state index in [2.05, 4.69) is 20.6 Å². The molecule has 4 rings (SSSR count). The standard InChI is InChI=1S/C17H13Cl2N5O2/c1-8-16-10(9-2-3-11(18)12(19)6-9)7-15(26)20-17(16)24(23-8)13-4-5-14(25)22-21-13/h2-6,10H,7H2,1H3,(H,20,26)(H,22,25)/t10-/m0/s1. The fourth-order valence-corrected chi connectivity index (χ4v) is 3.49. The van der Waals surface area contributed by atoms with E-state index in [4.69, 9.17) is 23.2 Å². The molecule has 9 heteroatoms. The summed E-state index contributed by atoms with van der Waals surface area (Å²) in [5.41, 5.74) is 2.21. The van der Waals surface area contributed by atoms with Gasteiger partial charge in [-0.3, -0.25) is 9.59 Å². The molecular weight excluding hydrogens is 377 g/mol. The number of rotatable bonds is 2. The van der Waals surface area contributed by atoms with Crippen LogP contribution in [0.3, 0.4) is 0 Å². The first-order chi connectivity index (χ1) is 12.4. The average molecular weight is 390 g/mol. The zero-order valence-corrected chi connectivity index (χ0v) is 15.1. The van der Waals surface area contributed by atoms with Crippen molar-refractivity contribution in [1.82, 2.24) is 20.0 Å². The summed E-state index contributed by atoms with van der Waals surface area (Å²) in [7, 11) is 0. The van der Waals surface area contributed by atoms with Gasteiger partial charge in [0.15, 0.2) is 5.82 Å². The van der Waals surface area contributed by atoms with E-state index in [-0.39, 0.29) is 23.8 Å². The summed E-state index contributed by atoms with van der Waals surface area (Å²) in [5.74, 6) is 0.600. The first-order valence-corrected chi connectivity index (χ1v) is 8.60. The number of hydrogen-bond donors (Lipinski definition) is 2. The quantitative estimate of drug-likeness (QED) is 0.704. The van der Waals surface area contributed by atoms with Gasteiger partial charge in [0, 0.05) is 24.0 Å². The zero-order chi connectivity index (χ0) is 18.4. The first kappa shape index (κ1) is 16.8. The minimum absolute atomic E-state index is 0.140. The molecule has 1 aliphatic rings. The van der Waals surface area contributed by atoms with Crippen LogP contribution in [0.15, 0.2) is 35.1 Å². The number of anilines is 1. The van der Waals surface area contributed by atoms with Crippen molar-refractivity contribution in [2.45, 2.75) is 19.3 Å². The van der Waals surface area contributed by atoms with Gasteiger partial charge in [0.1, 0.15) is 5.82 Å². The van der Waals surface area contributed by atoms with E-state index in [1.54, 1.807) is 18.2 Å². The Morgan fingerprint density at radius 2 is 1.96 bits per heavy atom. The molecule has 0 radical (unpaired) electrons. The van der Waals surface area contributed by atoms with Crippen LogP contribution in [-0.2, 0) is 4.79 Å². The lowest BCUT2D eigenvalue weighted by molar-refractivity contribution is -0.116. The normalized spacial score (nSPS) is 16.3. The van der Waals surface area contributed by atoms with Gasteiger partial charge in [-0.05, 0) is 30.7 Å². The Balaban J connectivity index is 1.88. The van der Waals surface area contributed by atoms with Crippen molar-refractivity contribution >= 4 is 34.9 Å². The number of aryl methyl sites for hydroxylation is 1. The van der Waals surface area contributed by atoms with Gasteiger partial charge < -0.3 is 5.32 Å². The number of carbonyl (C=O) groups excluding carboxylic acids is 1. The maximum atomic E-state index is 12.3. The van der Waals surface area contributed by atoms with Crippen LogP contribution in [0.5, 0.6) is 0 Å². The van der Waals surface area contributed by atoms with Crippen LogP contribution >= 0.6 is 23.2 Å². The Hall–Kier alpha value is -2.64. The number of benzene rings is 1. The van der Waals surface area contributed by atoms with Crippen LogP contribution in [-0.4, -0.2) is 25.9 Å². The number of carbonyl (C=O) groups is 1. The number of fused-ring (bicyclic) bond motifs is 1. The Morgan fingerprint density at radius 3 is 2.65 bits per heavy atom. The van der Waals surface area contributed by atoms with Crippen LogP contribution < -0.4 is 10.9 Å². The molecular formula is C17H13Cl2N5O2. The van der Waals surface area contributed by atoms with Gasteiger partial charge in [-0.1, -0.05) is 29.3 Å². The van der Waals surface area contributed by atoms with Crippen molar-refractivity contribution in [3.63, 3.8) is 0 Å². The Labute approximate surface area is 157 Å². The number of hydrogen-bond acceptors (Lipinski definition) is 4. The SMILES string of the molecule is Cc1nn(-c2ccc(=O)[nH]n2)c2c1[C@H](c1ccc(Cl)c(Cl)c1)CC(=O)N2. The van der Waals surface area contributed by atoms with Gasteiger partial charge in [0.2, 0.25) is 5.91 Å². The zero-order valence-electron chi connectivity index (χ0n) is 13.6. The van der Waals surface area contributed by atoms with Crippen LogP contribution in [0.2, 0.25) is 10.0 Å². The van der Waals surface area contributed by atoms with E-state index in [9.17, 15) is 9.59 Å². The van der Waals surface area contributed by atoms with Gasteiger partial charge in [-0.2, -0.15) is 14.9 Å². The van der Waals surface area contributed by atoms with Crippen LogP contribution in [0.4, 0.5) is 5.82 Å². The maximum absolute atomic E-state index is 12.3. The topological polar surface area (TPSA) is 92.7 Å². The van der Waals surface area contributed by atoms with Crippen molar-refractivity contribution in [2.24, 2.45) is 0 Å². The molecule has 0 saturated carbocycles. The number of aromatic nitrogens is 4. The number of nitrogens with zero attached hydrogens (tertiary/aromatic N) is 3. The maximum Gasteiger partial charge on any atom is 0.264 e. The highest BCUT2D eigenvalue weighted by molar-refractivity contribution is 6.42. The van der Waals surface area contributed by atoms with E-state index < -0.39 is 0 Å². The van der Waals surface area contributed by atoms with Gasteiger partial charge in [0.25, 0.3) is 5.56 Å². The second-order valence-corrected chi connectivity index (χ2v) is 6.83. The molecule has 0 saturated heterocycles. The molecule has 2 aromatic heterocycles. The molecule has 7 nitrogen and oxygen atoms in total. The Morgan fingerprint density at radius 1 is 1.15 bits per heavy atom. The third-order valence-corrected chi connectivity index (χ3v) is 5.07. The Kier molecular flexibility index (Phi) is 4.05. The van der Waals surface area contributed by atoms with E-state index in [0.29, 0.717) is 21.7 Å². The van der Waals surface area contributed by atoms with Crippen molar-refractivity contribution in [3.8, 4) is 5.82 Å². The summed E-state index contributed by atoms with van der Waals surface area (Å²) < 4.78 is 1.52. The molecule has 0 unspecified atom stereocenters. The molecule has 3 heterocycles. The second kappa shape index (κ2) is 6.26. The summed E-state index contributed by atoms with van der Waals surface area (Å²) >= 11 is 12.2. The van der Waals surface area contributed by atoms with Crippen molar-refractivity contribution in [2.75, 3.05) is 5.32 Å². The van der Waals surface area contributed by atoms with E-state index in [1.807, 2.05) is 13.0 Å². The highest BCUT2D eigenvalue weighted by atomic mass is 35.5. The summed E-state index contributed by atoms with van der Waals surface area (Å²) in [6.45, 7) is 1.86. The third kappa shape index (κ3) is 2.79. The predicted molar refractivity (Wildman–Crippen MR) is 98.3 cm³/mol. The minimum atomic E-state index is -0.316. The third-order valence-electron chi connectivity index (χ3n) is 4.33. The molecule has 26 heavy (non-hydrogen) atoms. The highest BCUT2D eigenvalue weighted by Gasteiger charge is 2.33. The van der Waals surface area contributed by atoms with Crippen LogP contribution in [0, 0.1) is 6.92 Å². The largest absolute Gasteiger partial charge is 0.310 e. The number of halogens is 2. The smallest absolute Gasteiger partial charge is 0.264 e. The monoisotopic (exact) mass is 389 g/mol. The fourth-order valence-electron chi connectivity index (χ4n) is 3.18. The van der Waals surface area contributed by atoms with E-state index in [1.165, 1.54) is 10.7 Å². The number of aromatic amines is 1. The van der Waals surface area contributed by atoms with Crippen LogP contribution in [0.25, 0.3) is 5.82 Å². The average Bonchev–Trinajstić information content (AvgIpc) is 2.94. The van der Waals surface area contributed by atoms with Crippen molar-refractivity contribution in [1.29, 1.82) is 0 Å². The summed E-state index contributed by atoms with van der Waals surface area (Å²) in [5, 5.41) is 14.6. The molecule has 1 amide bonds. The molecule has 2 N–H and O–H groups in total. The molecule has 1 atom stereocenters. The van der Waals surface area contributed by atoms with E-state index >= 15 is 0 Å². The van der Waals surface area contributed by atoms with Gasteiger partial charge in [-0.25, -0.2) is 5.10 Å². The number of amides is 1. The van der Waals surface area contributed by atoms with Gasteiger partial charge >= 0.3 is 0 Å². The second-order valence-electron chi connectivity index (χ2n) is 6.02. The number of H-pyrrole nitrogens is 1. The Bertz CT molecular complexity index is 1070. The molecule has 0 bridgehead atoms.